The molecule has 0 aliphatic carbocycles. The van der Waals surface area contributed by atoms with Crippen LogP contribution in [0.4, 0.5) is 0 Å². The molecule has 4 rings (SSSR count). The second-order valence-electron chi connectivity index (χ2n) is 4.41. The molecule has 2 heterocycles. The minimum Gasteiger partial charge on any atom is -0.323 e. The first kappa shape index (κ1) is 8.82. The van der Waals surface area contributed by atoms with Crippen molar-refractivity contribution in [3.05, 3.63) is 48.0 Å². The molecule has 82 valence electrons. The first-order valence-electron chi connectivity index (χ1n) is 5.68. The number of aromatic nitrogens is 3. The van der Waals surface area contributed by atoms with Crippen LogP contribution < -0.4 is 0 Å². The van der Waals surface area contributed by atoms with Crippen molar-refractivity contribution in [3.63, 3.8) is 0 Å². The molecule has 0 aliphatic heterocycles. The van der Waals surface area contributed by atoms with Crippen LogP contribution in [0, 0.1) is 6.92 Å². The number of fused-ring (bicyclic) bond motifs is 5. The fourth-order valence-corrected chi connectivity index (χ4v) is 2.41. The number of imidazole rings is 2. The van der Waals surface area contributed by atoms with E-state index in [1.165, 1.54) is 11.1 Å². The number of hydrogen-bond acceptors (Lipinski definition) is 1. The smallest absolute Gasteiger partial charge is 0.213 e. The summed E-state index contributed by atoms with van der Waals surface area (Å²) in [4.78, 5) is 7.94. The van der Waals surface area contributed by atoms with E-state index in [-0.39, 0.29) is 0 Å². The van der Waals surface area contributed by atoms with Gasteiger partial charge in [-0.3, -0.25) is 4.40 Å². The van der Waals surface area contributed by atoms with Crippen molar-refractivity contribution in [2.45, 2.75) is 6.92 Å². The molecule has 0 bridgehead atoms. The molecule has 0 saturated heterocycles. The summed E-state index contributed by atoms with van der Waals surface area (Å²) in [5.74, 6) is 0.909. The Kier molecular flexibility index (Phi) is 1.50. The Balaban J connectivity index is 2.33. The van der Waals surface area contributed by atoms with Crippen LogP contribution in [-0.2, 0) is 0 Å². The van der Waals surface area contributed by atoms with Crippen molar-refractivity contribution < 1.29 is 0 Å². The Morgan fingerprint density at radius 3 is 2.88 bits per heavy atom. The van der Waals surface area contributed by atoms with Crippen LogP contribution in [0.2, 0.25) is 0 Å². The van der Waals surface area contributed by atoms with Gasteiger partial charge in [0.25, 0.3) is 0 Å². The van der Waals surface area contributed by atoms with Crippen LogP contribution in [0.15, 0.2) is 42.5 Å². The molecule has 1 N–H and O–H groups in total. The Morgan fingerprint density at radius 1 is 1.06 bits per heavy atom. The molecule has 0 fully saturated rings. The van der Waals surface area contributed by atoms with Gasteiger partial charge in [-0.15, -0.1) is 0 Å². The summed E-state index contributed by atoms with van der Waals surface area (Å²) in [6.07, 6.45) is 0. The van der Waals surface area contributed by atoms with Gasteiger partial charge in [-0.05, 0) is 36.8 Å². The van der Waals surface area contributed by atoms with Crippen LogP contribution in [0.1, 0.15) is 5.56 Å². The Labute approximate surface area is 97.7 Å². The van der Waals surface area contributed by atoms with Crippen LogP contribution in [0.3, 0.4) is 0 Å². The van der Waals surface area contributed by atoms with E-state index in [0.29, 0.717) is 0 Å². The van der Waals surface area contributed by atoms with Crippen molar-refractivity contribution in [2.75, 3.05) is 0 Å². The molecule has 17 heavy (non-hydrogen) atoms. The summed E-state index contributed by atoms with van der Waals surface area (Å²) in [6, 6.07) is 14.6. The van der Waals surface area contributed by atoms with E-state index in [1.54, 1.807) is 0 Å². The molecule has 0 atom stereocenters. The highest BCUT2D eigenvalue weighted by atomic mass is 15.1. The second kappa shape index (κ2) is 2.88. The summed E-state index contributed by atoms with van der Waals surface area (Å²) in [7, 11) is 0. The molecule has 2 aromatic carbocycles. The quantitative estimate of drug-likeness (QED) is 0.485. The van der Waals surface area contributed by atoms with Gasteiger partial charge in [0.05, 0.1) is 22.1 Å². The predicted octanol–water partition coefficient (Wildman–Crippen LogP) is 3.28. The number of nitrogens with one attached hydrogen (secondary N) is 1. The first-order valence-corrected chi connectivity index (χ1v) is 5.68. The zero-order chi connectivity index (χ0) is 11.4. The molecule has 3 nitrogen and oxygen atoms in total. The molecular weight excluding hydrogens is 210 g/mol. The number of para-hydroxylation sites is 2. The van der Waals surface area contributed by atoms with Crippen LogP contribution >= 0.6 is 0 Å². The largest absolute Gasteiger partial charge is 0.323 e. The lowest BCUT2D eigenvalue weighted by Crippen LogP contribution is -1.80. The van der Waals surface area contributed by atoms with Gasteiger partial charge in [0.1, 0.15) is 0 Å². The fourth-order valence-electron chi connectivity index (χ4n) is 2.41. The normalized spacial score (nSPS) is 11.8. The van der Waals surface area contributed by atoms with Gasteiger partial charge in [0, 0.05) is 0 Å². The van der Waals surface area contributed by atoms with Gasteiger partial charge in [-0.2, -0.15) is 0 Å². The number of H-pyrrole nitrogens is 1. The van der Waals surface area contributed by atoms with E-state index in [9.17, 15) is 0 Å². The van der Waals surface area contributed by atoms with Crippen molar-refractivity contribution in [2.24, 2.45) is 0 Å². The maximum atomic E-state index is 4.59. The number of rotatable bonds is 0. The maximum Gasteiger partial charge on any atom is 0.213 e. The van der Waals surface area contributed by atoms with Crippen molar-refractivity contribution >= 4 is 27.8 Å². The molecule has 0 aliphatic rings. The highest BCUT2D eigenvalue weighted by Crippen LogP contribution is 2.23. The van der Waals surface area contributed by atoms with E-state index in [4.69, 9.17) is 0 Å². The zero-order valence-corrected chi connectivity index (χ0v) is 9.44. The van der Waals surface area contributed by atoms with Gasteiger partial charge in [0.15, 0.2) is 0 Å². The van der Waals surface area contributed by atoms with Crippen LogP contribution in [0.25, 0.3) is 27.8 Å². The standard InChI is InChI=1S/C14H11N3/c1-9-6-7-11-13(8-9)17-12-5-3-2-4-10(12)15-14(17)16-11/h2-8H,1H3,(H,15,16). The Bertz CT molecular complexity index is 852. The first-order chi connectivity index (χ1) is 8.33. The van der Waals surface area contributed by atoms with Crippen molar-refractivity contribution in [1.29, 1.82) is 0 Å². The molecule has 0 radical (unpaired) electrons. The van der Waals surface area contributed by atoms with Crippen molar-refractivity contribution in [1.82, 2.24) is 14.4 Å². The third-order valence-electron chi connectivity index (χ3n) is 3.20. The molecule has 2 aromatic heterocycles. The Morgan fingerprint density at radius 2 is 1.94 bits per heavy atom. The average Bonchev–Trinajstić information content (AvgIpc) is 2.84. The molecule has 3 heteroatoms. The number of nitrogens with zero attached hydrogens (tertiary/aromatic N) is 2. The minimum absolute atomic E-state index is 0.909. The molecule has 0 unspecified atom stereocenters. The molecule has 0 amide bonds. The lowest BCUT2D eigenvalue weighted by molar-refractivity contribution is 1.28. The minimum atomic E-state index is 0.909. The highest BCUT2D eigenvalue weighted by Gasteiger charge is 2.09. The Hall–Kier alpha value is -2.29. The lowest BCUT2D eigenvalue weighted by atomic mass is 10.2. The molecule has 4 aromatic rings. The molecule has 0 saturated carbocycles. The fraction of sp³-hybridized carbons (Fsp3) is 0.0714. The summed E-state index contributed by atoms with van der Waals surface area (Å²) in [5.41, 5.74) is 5.76. The topological polar surface area (TPSA) is 33.1 Å². The van der Waals surface area contributed by atoms with Gasteiger partial charge in [0.2, 0.25) is 5.78 Å². The summed E-state index contributed by atoms with van der Waals surface area (Å²) >= 11 is 0. The molecular formula is C14H11N3. The number of aromatic amines is 1. The van der Waals surface area contributed by atoms with Gasteiger partial charge in [-0.1, -0.05) is 18.2 Å². The number of benzene rings is 2. The number of aryl methyl sites for hydroxylation is 1. The van der Waals surface area contributed by atoms with E-state index < -0.39 is 0 Å². The third kappa shape index (κ3) is 1.08. The second-order valence-corrected chi connectivity index (χ2v) is 4.41. The van der Waals surface area contributed by atoms with Gasteiger partial charge in [-0.25, -0.2) is 4.98 Å². The summed E-state index contributed by atoms with van der Waals surface area (Å²) in [5, 5.41) is 0. The highest BCUT2D eigenvalue weighted by molar-refractivity contribution is 5.89. The average molecular weight is 221 g/mol. The van der Waals surface area contributed by atoms with E-state index in [1.807, 2.05) is 18.2 Å². The van der Waals surface area contributed by atoms with Crippen LogP contribution in [-0.4, -0.2) is 14.4 Å². The lowest BCUT2D eigenvalue weighted by Gasteiger charge is -1.95. The maximum absolute atomic E-state index is 4.59. The predicted molar refractivity (Wildman–Crippen MR) is 69.3 cm³/mol. The van der Waals surface area contributed by atoms with E-state index in [2.05, 4.69) is 45.6 Å². The van der Waals surface area contributed by atoms with Crippen LogP contribution in [0.5, 0.6) is 0 Å². The summed E-state index contributed by atoms with van der Waals surface area (Å²) in [6.45, 7) is 2.11. The monoisotopic (exact) mass is 221 g/mol. The van der Waals surface area contributed by atoms with Gasteiger partial charge < -0.3 is 4.98 Å². The van der Waals surface area contributed by atoms with E-state index in [0.717, 1.165) is 22.3 Å². The zero-order valence-electron chi connectivity index (χ0n) is 9.44. The van der Waals surface area contributed by atoms with E-state index >= 15 is 0 Å². The third-order valence-corrected chi connectivity index (χ3v) is 3.20. The molecule has 0 spiro atoms. The number of hydrogen-bond donors (Lipinski definition) is 1. The summed E-state index contributed by atoms with van der Waals surface area (Å²) < 4.78 is 2.18. The van der Waals surface area contributed by atoms with Crippen molar-refractivity contribution in [3.8, 4) is 0 Å². The van der Waals surface area contributed by atoms with Gasteiger partial charge >= 0.3 is 0 Å². The SMILES string of the molecule is Cc1ccc2[nH]c3nc4ccccc4n3c2c1.